The summed E-state index contributed by atoms with van der Waals surface area (Å²) in [5, 5.41) is 17.4. The zero-order chi connectivity index (χ0) is 13.1. The number of hydrogen-bond donors (Lipinski definition) is 2. The highest BCUT2D eigenvalue weighted by molar-refractivity contribution is 7.14. The molecule has 6 nitrogen and oxygen atoms in total. The van der Waals surface area contributed by atoms with Crippen LogP contribution >= 0.6 is 11.3 Å². The molecule has 2 N–H and O–H groups in total. The van der Waals surface area contributed by atoms with Crippen molar-refractivity contribution >= 4 is 28.2 Å². The van der Waals surface area contributed by atoms with Crippen LogP contribution in [0.5, 0.6) is 0 Å². The van der Waals surface area contributed by atoms with Crippen molar-refractivity contribution in [2.24, 2.45) is 0 Å². The number of amides is 1. The van der Waals surface area contributed by atoms with Crippen molar-refractivity contribution < 1.29 is 14.7 Å². The van der Waals surface area contributed by atoms with Gasteiger partial charge < -0.3 is 10.4 Å². The van der Waals surface area contributed by atoms with Crippen LogP contribution in [0.15, 0.2) is 23.8 Å². The van der Waals surface area contributed by atoms with E-state index in [1.807, 2.05) is 6.92 Å². The number of aromatic nitrogens is 2. The molecular weight excluding hydrogens is 254 g/mol. The minimum atomic E-state index is -1.01. The first-order valence-corrected chi connectivity index (χ1v) is 6.03. The molecule has 0 saturated carbocycles. The van der Waals surface area contributed by atoms with Gasteiger partial charge >= 0.3 is 5.97 Å². The third-order valence-corrected chi connectivity index (χ3v) is 3.02. The number of carbonyl (C=O) groups excluding carboxylic acids is 1. The Labute approximate surface area is 107 Å². The van der Waals surface area contributed by atoms with Crippen LogP contribution < -0.4 is 5.32 Å². The van der Waals surface area contributed by atoms with E-state index < -0.39 is 5.97 Å². The van der Waals surface area contributed by atoms with Gasteiger partial charge in [0.1, 0.15) is 6.54 Å². The lowest BCUT2D eigenvalue weighted by molar-refractivity contribution is -0.116. The quantitative estimate of drug-likeness (QED) is 0.879. The van der Waals surface area contributed by atoms with Gasteiger partial charge in [-0.15, -0.1) is 11.3 Å². The summed E-state index contributed by atoms with van der Waals surface area (Å²) >= 11 is 1.18. The second-order valence-electron chi connectivity index (χ2n) is 3.77. The van der Waals surface area contributed by atoms with E-state index >= 15 is 0 Å². The van der Waals surface area contributed by atoms with Crippen molar-refractivity contribution in [3.63, 3.8) is 0 Å². The first kappa shape index (κ1) is 12.3. The Morgan fingerprint density at radius 3 is 2.89 bits per heavy atom. The molecular formula is C11H11N3O3S. The molecule has 0 saturated heterocycles. The smallest absolute Gasteiger partial charge is 0.336 e. The predicted molar refractivity (Wildman–Crippen MR) is 66.9 cm³/mol. The first-order chi connectivity index (χ1) is 8.54. The molecule has 0 fully saturated rings. The fourth-order valence-electron chi connectivity index (χ4n) is 1.39. The van der Waals surface area contributed by atoms with Crippen molar-refractivity contribution in [1.29, 1.82) is 0 Å². The highest BCUT2D eigenvalue weighted by Gasteiger charge is 2.09. The summed E-state index contributed by atoms with van der Waals surface area (Å²) in [7, 11) is 0. The molecule has 2 aromatic heterocycles. The summed E-state index contributed by atoms with van der Waals surface area (Å²) in [6.45, 7) is 1.99. The lowest BCUT2D eigenvalue weighted by Crippen LogP contribution is -2.18. The van der Waals surface area contributed by atoms with Crippen LogP contribution in [-0.2, 0) is 11.3 Å². The summed E-state index contributed by atoms with van der Waals surface area (Å²) in [5.41, 5.74) is 1.15. The second kappa shape index (κ2) is 5.01. The maximum atomic E-state index is 11.7. The average molecular weight is 265 g/mol. The van der Waals surface area contributed by atoms with Crippen molar-refractivity contribution in [3.8, 4) is 0 Å². The molecule has 0 unspecified atom stereocenters. The van der Waals surface area contributed by atoms with Gasteiger partial charge in [0.05, 0.1) is 16.8 Å². The number of carbonyl (C=O) groups is 2. The molecule has 0 bridgehead atoms. The first-order valence-electron chi connectivity index (χ1n) is 5.15. The Hall–Kier alpha value is -2.15. The summed E-state index contributed by atoms with van der Waals surface area (Å²) < 4.78 is 1.52. The van der Waals surface area contributed by atoms with Crippen LogP contribution in [0.2, 0.25) is 0 Å². The van der Waals surface area contributed by atoms with E-state index in [0.717, 1.165) is 5.56 Å². The minimum absolute atomic E-state index is 0.105. The van der Waals surface area contributed by atoms with E-state index in [-0.39, 0.29) is 18.0 Å². The number of thiophene rings is 1. The summed E-state index contributed by atoms with van der Waals surface area (Å²) in [5.74, 6) is -1.24. The van der Waals surface area contributed by atoms with Gasteiger partial charge in [0, 0.05) is 11.6 Å². The molecule has 2 aromatic rings. The van der Waals surface area contributed by atoms with Crippen molar-refractivity contribution in [3.05, 3.63) is 35.0 Å². The van der Waals surface area contributed by atoms with Crippen LogP contribution in [0, 0.1) is 6.92 Å². The number of aromatic carboxylic acids is 1. The average Bonchev–Trinajstić information content (AvgIpc) is 2.88. The molecule has 0 aliphatic carbocycles. The van der Waals surface area contributed by atoms with Gasteiger partial charge in [0.2, 0.25) is 5.91 Å². The molecule has 2 rings (SSSR count). The van der Waals surface area contributed by atoms with Crippen LogP contribution in [0.25, 0.3) is 0 Å². The molecule has 0 aromatic carbocycles. The Bertz CT molecular complexity index is 588. The fourth-order valence-corrected chi connectivity index (χ4v) is 2.18. The number of nitrogens with zero attached hydrogens (tertiary/aromatic N) is 2. The Kier molecular flexibility index (Phi) is 3.42. The molecule has 0 radical (unpaired) electrons. The summed E-state index contributed by atoms with van der Waals surface area (Å²) in [6.07, 6.45) is 3.43. The van der Waals surface area contributed by atoms with Crippen LogP contribution in [-0.4, -0.2) is 26.8 Å². The van der Waals surface area contributed by atoms with E-state index in [1.54, 1.807) is 12.4 Å². The SMILES string of the molecule is Cc1cnn(CC(=O)Nc2cc(C(=O)O)cs2)c1. The number of carboxylic acids is 1. The Morgan fingerprint density at radius 1 is 1.56 bits per heavy atom. The van der Waals surface area contributed by atoms with E-state index in [0.29, 0.717) is 5.00 Å². The Balaban J connectivity index is 1.96. The number of carboxylic acid groups (broad SMARTS) is 1. The van der Waals surface area contributed by atoms with Gasteiger partial charge in [-0.1, -0.05) is 0 Å². The molecule has 0 aliphatic rings. The summed E-state index contributed by atoms with van der Waals surface area (Å²) in [4.78, 5) is 22.3. The number of rotatable bonds is 4. The highest BCUT2D eigenvalue weighted by Crippen LogP contribution is 2.20. The van der Waals surface area contributed by atoms with E-state index in [2.05, 4.69) is 10.4 Å². The third kappa shape index (κ3) is 2.95. The zero-order valence-corrected chi connectivity index (χ0v) is 10.4. The standard InChI is InChI=1S/C11H11N3O3S/c1-7-3-12-14(4-7)5-9(15)13-10-2-8(6-18-10)11(16)17/h2-4,6H,5H2,1H3,(H,13,15)(H,16,17). The van der Waals surface area contributed by atoms with E-state index in [9.17, 15) is 9.59 Å². The van der Waals surface area contributed by atoms with Crippen molar-refractivity contribution in [2.75, 3.05) is 5.32 Å². The van der Waals surface area contributed by atoms with Gasteiger partial charge in [-0.3, -0.25) is 9.48 Å². The molecule has 0 atom stereocenters. The molecule has 1 amide bonds. The number of hydrogen-bond acceptors (Lipinski definition) is 4. The second-order valence-corrected chi connectivity index (χ2v) is 4.68. The van der Waals surface area contributed by atoms with Crippen LogP contribution in [0.4, 0.5) is 5.00 Å². The van der Waals surface area contributed by atoms with Gasteiger partial charge in [0.15, 0.2) is 0 Å². The van der Waals surface area contributed by atoms with E-state index in [4.69, 9.17) is 5.11 Å². The van der Waals surface area contributed by atoms with Gasteiger partial charge in [-0.25, -0.2) is 4.79 Å². The normalized spacial score (nSPS) is 10.3. The minimum Gasteiger partial charge on any atom is -0.478 e. The monoisotopic (exact) mass is 265 g/mol. The maximum Gasteiger partial charge on any atom is 0.336 e. The third-order valence-electron chi connectivity index (χ3n) is 2.18. The summed E-state index contributed by atoms with van der Waals surface area (Å²) in [6, 6.07) is 1.43. The topological polar surface area (TPSA) is 84.2 Å². The van der Waals surface area contributed by atoms with Gasteiger partial charge in [-0.2, -0.15) is 5.10 Å². The van der Waals surface area contributed by atoms with Crippen molar-refractivity contribution in [1.82, 2.24) is 9.78 Å². The largest absolute Gasteiger partial charge is 0.478 e. The Morgan fingerprint density at radius 2 is 2.33 bits per heavy atom. The molecule has 2 heterocycles. The number of aryl methyl sites for hydroxylation is 1. The van der Waals surface area contributed by atoms with Crippen molar-refractivity contribution in [2.45, 2.75) is 13.5 Å². The van der Waals surface area contributed by atoms with Crippen LogP contribution in [0.3, 0.4) is 0 Å². The number of nitrogens with one attached hydrogen (secondary N) is 1. The number of anilines is 1. The van der Waals surface area contributed by atoms with Gasteiger partial charge in [-0.05, 0) is 18.6 Å². The van der Waals surface area contributed by atoms with E-state index in [1.165, 1.54) is 27.5 Å². The zero-order valence-electron chi connectivity index (χ0n) is 9.58. The lowest BCUT2D eigenvalue weighted by atomic mass is 10.3. The van der Waals surface area contributed by atoms with Crippen LogP contribution in [0.1, 0.15) is 15.9 Å². The highest BCUT2D eigenvalue weighted by atomic mass is 32.1. The van der Waals surface area contributed by atoms with Gasteiger partial charge in [0.25, 0.3) is 0 Å². The molecule has 18 heavy (non-hydrogen) atoms. The molecule has 94 valence electrons. The predicted octanol–water partition coefficient (Wildman–Crippen LogP) is 1.59. The lowest BCUT2D eigenvalue weighted by Gasteiger charge is -2.02. The molecule has 7 heteroatoms. The maximum absolute atomic E-state index is 11.7. The molecule has 0 aliphatic heterocycles. The fraction of sp³-hybridized carbons (Fsp3) is 0.182. The molecule has 0 spiro atoms.